The van der Waals surface area contributed by atoms with E-state index in [1.807, 2.05) is 0 Å². The number of hydrogen-bond acceptors (Lipinski definition) is 5. The minimum atomic E-state index is -3.65. The molecule has 6 nitrogen and oxygen atoms in total. The van der Waals surface area contributed by atoms with Gasteiger partial charge in [-0.25, -0.2) is 8.42 Å². The predicted octanol–water partition coefficient (Wildman–Crippen LogP) is 2.46. The summed E-state index contributed by atoms with van der Waals surface area (Å²) in [5, 5.41) is 0.469. The molecule has 2 heterocycles. The van der Waals surface area contributed by atoms with Crippen molar-refractivity contribution >= 4 is 27.3 Å². The van der Waals surface area contributed by atoms with Crippen LogP contribution in [0.3, 0.4) is 0 Å². The maximum absolute atomic E-state index is 12.5. The number of halogens is 1. The monoisotopic (exact) mass is 428 g/mol. The van der Waals surface area contributed by atoms with Crippen LogP contribution >= 0.6 is 11.6 Å². The maximum Gasteiger partial charge on any atom is 0.238 e. The fraction of sp³-hybridized carbons (Fsp3) is 0.650. The standard InChI is InChI=1S/C20H29ClN2O4S/c1-15-11-22(12-16(2)27-15)13-17-7-9-23(10-8-17)20(24)14-28(25,26)19-5-3-18(21)4-6-19/h3-6,15-17H,7-14H2,1-2H3. The first-order valence-electron chi connectivity index (χ1n) is 9.87. The third-order valence-corrected chi connectivity index (χ3v) is 7.33. The molecule has 1 aromatic rings. The van der Waals surface area contributed by atoms with Crippen molar-refractivity contribution < 1.29 is 17.9 Å². The van der Waals surface area contributed by atoms with Gasteiger partial charge in [0.1, 0.15) is 5.75 Å². The molecule has 156 valence electrons. The summed E-state index contributed by atoms with van der Waals surface area (Å²) in [6.45, 7) is 8.36. The zero-order valence-electron chi connectivity index (χ0n) is 16.5. The zero-order valence-corrected chi connectivity index (χ0v) is 18.1. The molecule has 0 bridgehead atoms. The second-order valence-electron chi connectivity index (χ2n) is 8.01. The van der Waals surface area contributed by atoms with Crippen molar-refractivity contribution in [2.75, 3.05) is 38.5 Å². The van der Waals surface area contributed by atoms with Crippen LogP contribution in [-0.2, 0) is 19.4 Å². The smallest absolute Gasteiger partial charge is 0.238 e. The van der Waals surface area contributed by atoms with Crippen LogP contribution in [0.2, 0.25) is 5.02 Å². The van der Waals surface area contributed by atoms with Crippen molar-refractivity contribution in [1.29, 1.82) is 0 Å². The quantitative estimate of drug-likeness (QED) is 0.720. The van der Waals surface area contributed by atoms with Crippen LogP contribution in [0.15, 0.2) is 29.2 Å². The highest BCUT2D eigenvalue weighted by Crippen LogP contribution is 2.22. The third kappa shape index (κ3) is 5.69. The third-order valence-electron chi connectivity index (χ3n) is 5.47. The topological polar surface area (TPSA) is 66.9 Å². The summed E-state index contributed by atoms with van der Waals surface area (Å²) < 4.78 is 30.7. The molecule has 2 unspecified atom stereocenters. The average molecular weight is 429 g/mol. The summed E-state index contributed by atoms with van der Waals surface area (Å²) >= 11 is 5.81. The minimum Gasteiger partial charge on any atom is -0.373 e. The van der Waals surface area contributed by atoms with Crippen molar-refractivity contribution in [3.05, 3.63) is 29.3 Å². The maximum atomic E-state index is 12.5. The van der Waals surface area contributed by atoms with E-state index in [1.165, 1.54) is 24.3 Å². The van der Waals surface area contributed by atoms with E-state index in [4.69, 9.17) is 16.3 Å². The Kier molecular flexibility index (Phi) is 7.02. The van der Waals surface area contributed by atoms with E-state index >= 15 is 0 Å². The molecule has 28 heavy (non-hydrogen) atoms. The van der Waals surface area contributed by atoms with E-state index in [9.17, 15) is 13.2 Å². The number of rotatable bonds is 5. The summed E-state index contributed by atoms with van der Waals surface area (Å²) in [7, 11) is -3.65. The number of carbonyl (C=O) groups excluding carboxylic acids is 1. The number of ether oxygens (including phenoxy) is 1. The molecule has 0 saturated carbocycles. The van der Waals surface area contributed by atoms with E-state index in [0.29, 0.717) is 24.0 Å². The molecular formula is C20H29ClN2O4S. The molecule has 2 fully saturated rings. The molecule has 1 aromatic carbocycles. The molecule has 2 atom stereocenters. The molecule has 0 aliphatic carbocycles. The van der Waals surface area contributed by atoms with Gasteiger partial charge in [0, 0.05) is 37.7 Å². The second kappa shape index (κ2) is 9.11. The van der Waals surface area contributed by atoms with Gasteiger partial charge in [0.15, 0.2) is 9.84 Å². The number of morpholine rings is 1. The van der Waals surface area contributed by atoms with Gasteiger partial charge in [-0.3, -0.25) is 9.69 Å². The first-order valence-corrected chi connectivity index (χ1v) is 11.9. The summed E-state index contributed by atoms with van der Waals surface area (Å²) in [4.78, 5) is 16.8. The highest BCUT2D eigenvalue weighted by atomic mass is 35.5. The van der Waals surface area contributed by atoms with Gasteiger partial charge in [-0.1, -0.05) is 11.6 Å². The number of hydrogen-bond donors (Lipinski definition) is 0. The van der Waals surface area contributed by atoms with E-state index in [0.717, 1.165) is 32.5 Å². The van der Waals surface area contributed by atoms with Crippen molar-refractivity contribution in [1.82, 2.24) is 9.80 Å². The zero-order chi connectivity index (χ0) is 20.3. The summed E-state index contributed by atoms with van der Waals surface area (Å²) in [6.07, 6.45) is 2.33. The molecule has 3 rings (SSSR count). The predicted molar refractivity (Wildman–Crippen MR) is 109 cm³/mol. The Morgan fingerprint density at radius 1 is 1.11 bits per heavy atom. The van der Waals surface area contributed by atoms with Crippen LogP contribution in [0.4, 0.5) is 0 Å². The van der Waals surface area contributed by atoms with Crippen LogP contribution in [0.5, 0.6) is 0 Å². The Labute approximate surface area is 172 Å². The molecule has 8 heteroatoms. The lowest BCUT2D eigenvalue weighted by atomic mass is 9.95. The van der Waals surface area contributed by atoms with Gasteiger partial charge in [-0.2, -0.15) is 0 Å². The largest absolute Gasteiger partial charge is 0.373 e. The number of likely N-dealkylation sites (tertiary alicyclic amines) is 1. The van der Waals surface area contributed by atoms with Gasteiger partial charge < -0.3 is 9.64 Å². The Morgan fingerprint density at radius 2 is 1.68 bits per heavy atom. The molecule has 0 N–H and O–H groups in total. The lowest BCUT2D eigenvalue weighted by molar-refractivity contribution is -0.130. The fourth-order valence-electron chi connectivity index (χ4n) is 4.14. The fourth-order valence-corrected chi connectivity index (χ4v) is 5.49. The Bertz CT molecular complexity index is 766. The first-order chi connectivity index (χ1) is 13.2. The lowest BCUT2D eigenvalue weighted by Gasteiger charge is -2.39. The van der Waals surface area contributed by atoms with Gasteiger partial charge >= 0.3 is 0 Å². The summed E-state index contributed by atoms with van der Waals surface area (Å²) in [5.74, 6) is -0.269. The van der Waals surface area contributed by atoms with Gasteiger partial charge in [-0.05, 0) is 56.9 Å². The number of nitrogens with zero attached hydrogens (tertiary/aromatic N) is 2. The number of benzene rings is 1. The molecule has 2 aliphatic heterocycles. The van der Waals surface area contributed by atoms with Crippen LogP contribution < -0.4 is 0 Å². The SMILES string of the molecule is CC1CN(CC2CCN(C(=O)CS(=O)(=O)c3ccc(Cl)cc3)CC2)CC(C)O1. The minimum absolute atomic E-state index is 0.135. The first kappa shape index (κ1) is 21.6. The number of amides is 1. The molecule has 0 radical (unpaired) electrons. The van der Waals surface area contributed by atoms with Gasteiger partial charge in [-0.15, -0.1) is 0 Å². The number of carbonyl (C=O) groups is 1. The number of piperidine rings is 1. The molecule has 1 amide bonds. The van der Waals surface area contributed by atoms with Crippen LogP contribution in [0.1, 0.15) is 26.7 Å². The Morgan fingerprint density at radius 3 is 2.25 bits per heavy atom. The normalized spacial score (nSPS) is 25.0. The van der Waals surface area contributed by atoms with Gasteiger partial charge in [0.2, 0.25) is 5.91 Å². The van der Waals surface area contributed by atoms with Crippen molar-refractivity contribution in [2.24, 2.45) is 5.92 Å². The van der Waals surface area contributed by atoms with E-state index in [1.54, 1.807) is 4.90 Å². The molecule has 2 aliphatic rings. The Hall–Kier alpha value is -1.15. The van der Waals surface area contributed by atoms with Gasteiger partial charge in [0.25, 0.3) is 0 Å². The summed E-state index contributed by atoms with van der Waals surface area (Å²) in [6, 6.07) is 5.94. The average Bonchev–Trinajstić information content (AvgIpc) is 2.61. The van der Waals surface area contributed by atoms with Crippen molar-refractivity contribution in [2.45, 2.75) is 43.8 Å². The number of sulfone groups is 1. The lowest BCUT2D eigenvalue weighted by Crippen LogP contribution is -2.49. The highest BCUT2D eigenvalue weighted by Gasteiger charge is 2.29. The van der Waals surface area contributed by atoms with Crippen molar-refractivity contribution in [3.8, 4) is 0 Å². The van der Waals surface area contributed by atoms with Crippen LogP contribution in [0, 0.1) is 5.92 Å². The van der Waals surface area contributed by atoms with Crippen LogP contribution in [-0.4, -0.2) is 74.8 Å². The van der Waals surface area contributed by atoms with Crippen LogP contribution in [0.25, 0.3) is 0 Å². The van der Waals surface area contributed by atoms with Gasteiger partial charge in [0.05, 0.1) is 17.1 Å². The molecular weight excluding hydrogens is 400 g/mol. The van der Waals surface area contributed by atoms with E-state index in [-0.39, 0.29) is 23.0 Å². The second-order valence-corrected chi connectivity index (χ2v) is 10.4. The molecule has 0 spiro atoms. The summed E-state index contributed by atoms with van der Waals surface area (Å²) in [5.41, 5.74) is 0. The molecule has 2 saturated heterocycles. The Balaban J connectivity index is 1.49. The van der Waals surface area contributed by atoms with E-state index < -0.39 is 15.6 Å². The molecule has 0 aromatic heterocycles. The highest BCUT2D eigenvalue weighted by molar-refractivity contribution is 7.92. The van der Waals surface area contributed by atoms with Crippen molar-refractivity contribution in [3.63, 3.8) is 0 Å². The van der Waals surface area contributed by atoms with E-state index in [2.05, 4.69) is 18.7 Å².